The fraction of sp³-hybridized carbons (Fsp3) is 0.786. The summed E-state index contributed by atoms with van der Waals surface area (Å²) in [6, 6.07) is 0. The van der Waals surface area contributed by atoms with Crippen LogP contribution in [0.4, 0.5) is 0 Å². The molecule has 0 radical (unpaired) electrons. The van der Waals surface area contributed by atoms with Crippen molar-refractivity contribution in [2.75, 3.05) is 13.2 Å². The average Bonchev–Trinajstić information content (AvgIpc) is 2.70. The van der Waals surface area contributed by atoms with Gasteiger partial charge in [-0.1, -0.05) is 25.7 Å². The molecule has 0 amide bonds. The predicted octanol–water partition coefficient (Wildman–Crippen LogP) is 3.23. The summed E-state index contributed by atoms with van der Waals surface area (Å²) in [5.74, 6) is 0. The van der Waals surface area contributed by atoms with Gasteiger partial charge >= 0.3 is 0 Å². The standard InChI is InChI=1S/C14H24N2OS/c1-2-17-14(8-5-3-4-6-9-14)13-16-12(7-10-15)11-18-13/h11H,2-10,15H2,1H3. The first-order valence-electron chi connectivity index (χ1n) is 7.09. The molecule has 1 fully saturated rings. The van der Waals surface area contributed by atoms with E-state index in [2.05, 4.69) is 12.3 Å². The number of rotatable bonds is 5. The zero-order valence-corrected chi connectivity index (χ0v) is 12.1. The molecule has 0 saturated heterocycles. The van der Waals surface area contributed by atoms with Crippen LogP contribution in [0.5, 0.6) is 0 Å². The molecular formula is C14H24N2OS. The van der Waals surface area contributed by atoms with Gasteiger partial charge in [-0.15, -0.1) is 11.3 Å². The van der Waals surface area contributed by atoms with Crippen molar-refractivity contribution in [3.05, 3.63) is 16.1 Å². The molecule has 1 saturated carbocycles. The lowest BCUT2D eigenvalue weighted by Gasteiger charge is -2.30. The first kappa shape index (κ1) is 14.0. The van der Waals surface area contributed by atoms with Crippen LogP contribution in [0.25, 0.3) is 0 Å². The van der Waals surface area contributed by atoms with Gasteiger partial charge in [0.1, 0.15) is 10.6 Å². The molecule has 1 heterocycles. The summed E-state index contributed by atoms with van der Waals surface area (Å²) >= 11 is 1.75. The molecule has 102 valence electrons. The third kappa shape index (κ3) is 3.11. The highest BCUT2D eigenvalue weighted by Crippen LogP contribution is 2.40. The molecule has 1 aromatic heterocycles. The van der Waals surface area contributed by atoms with Crippen molar-refractivity contribution in [3.63, 3.8) is 0 Å². The van der Waals surface area contributed by atoms with Gasteiger partial charge in [0.25, 0.3) is 0 Å². The highest BCUT2D eigenvalue weighted by molar-refractivity contribution is 7.09. The van der Waals surface area contributed by atoms with Crippen LogP contribution in [0, 0.1) is 0 Å². The number of hydrogen-bond donors (Lipinski definition) is 1. The van der Waals surface area contributed by atoms with Crippen molar-refractivity contribution in [1.82, 2.24) is 4.98 Å². The molecule has 0 aromatic carbocycles. The number of ether oxygens (including phenoxy) is 1. The Labute approximate surface area is 114 Å². The second-order valence-corrected chi connectivity index (χ2v) is 5.88. The second kappa shape index (κ2) is 6.64. The van der Waals surface area contributed by atoms with Crippen molar-refractivity contribution in [3.8, 4) is 0 Å². The maximum absolute atomic E-state index is 6.14. The van der Waals surface area contributed by atoms with E-state index in [4.69, 9.17) is 15.5 Å². The van der Waals surface area contributed by atoms with Crippen LogP contribution < -0.4 is 5.73 Å². The van der Waals surface area contributed by atoms with Crippen LogP contribution in [0.15, 0.2) is 5.38 Å². The van der Waals surface area contributed by atoms with Crippen LogP contribution >= 0.6 is 11.3 Å². The number of nitrogens with two attached hydrogens (primary N) is 1. The lowest BCUT2D eigenvalue weighted by Crippen LogP contribution is -2.29. The fourth-order valence-corrected chi connectivity index (χ4v) is 3.84. The van der Waals surface area contributed by atoms with Crippen molar-refractivity contribution < 1.29 is 4.74 Å². The highest BCUT2D eigenvalue weighted by atomic mass is 32.1. The summed E-state index contributed by atoms with van der Waals surface area (Å²) < 4.78 is 6.14. The van der Waals surface area contributed by atoms with Gasteiger partial charge in [0.15, 0.2) is 0 Å². The normalized spacial score (nSPS) is 19.7. The van der Waals surface area contributed by atoms with Gasteiger partial charge in [-0.2, -0.15) is 0 Å². The van der Waals surface area contributed by atoms with Gasteiger partial charge in [0, 0.05) is 18.4 Å². The Morgan fingerprint density at radius 2 is 2.06 bits per heavy atom. The Morgan fingerprint density at radius 1 is 1.33 bits per heavy atom. The molecule has 1 aliphatic carbocycles. The van der Waals surface area contributed by atoms with Crippen LogP contribution in [0.2, 0.25) is 0 Å². The van der Waals surface area contributed by atoms with E-state index in [0.717, 1.165) is 31.6 Å². The van der Waals surface area contributed by atoms with Crippen molar-refractivity contribution in [2.45, 2.75) is 57.5 Å². The van der Waals surface area contributed by atoms with E-state index < -0.39 is 0 Å². The molecule has 1 aliphatic rings. The van der Waals surface area contributed by atoms with Gasteiger partial charge in [-0.3, -0.25) is 0 Å². The summed E-state index contributed by atoms with van der Waals surface area (Å²) in [6.45, 7) is 3.53. The summed E-state index contributed by atoms with van der Waals surface area (Å²) in [5, 5.41) is 3.32. The topological polar surface area (TPSA) is 48.1 Å². The van der Waals surface area contributed by atoms with Crippen molar-refractivity contribution in [1.29, 1.82) is 0 Å². The smallest absolute Gasteiger partial charge is 0.125 e. The molecule has 18 heavy (non-hydrogen) atoms. The zero-order chi connectivity index (χ0) is 12.8. The molecule has 2 N–H and O–H groups in total. The Kier molecular flexibility index (Phi) is 5.15. The Bertz CT molecular complexity index is 356. The Morgan fingerprint density at radius 3 is 2.67 bits per heavy atom. The van der Waals surface area contributed by atoms with E-state index in [1.54, 1.807) is 11.3 Å². The van der Waals surface area contributed by atoms with Gasteiger partial charge in [-0.05, 0) is 26.3 Å². The Hall–Kier alpha value is -0.450. The first-order valence-corrected chi connectivity index (χ1v) is 7.97. The maximum atomic E-state index is 6.14. The third-order valence-corrected chi connectivity index (χ3v) is 4.75. The van der Waals surface area contributed by atoms with Gasteiger partial charge in [0.05, 0.1) is 5.69 Å². The number of thiazole rings is 1. The number of aromatic nitrogens is 1. The van der Waals surface area contributed by atoms with E-state index in [9.17, 15) is 0 Å². The molecule has 0 spiro atoms. The van der Waals surface area contributed by atoms with E-state index in [1.165, 1.54) is 30.7 Å². The van der Waals surface area contributed by atoms with E-state index in [0.29, 0.717) is 6.54 Å². The summed E-state index contributed by atoms with van der Waals surface area (Å²) in [7, 11) is 0. The van der Waals surface area contributed by atoms with Crippen LogP contribution in [0.3, 0.4) is 0 Å². The molecule has 1 aromatic rings. The molecule has 2 rings (SSSR count). The predicted molar refractivity (Wildman–Crippen MR) is 75.9 cm³/mol. The number of hydrogen-bond acceptors (Lipinski definition) is 4. The third-order valence-electron chi connectivity index (χ3n) is 3.67. The lowest BCUT2D eigenvalue weighted by atomic mass is 9.95. The van der Waals surface area contributed by atoms with Crippen molar-refractivity contribution >= 4 is 11.3 Å². The van der Waals surface area contributed by atoms with Crippen molar-refractivity contribution in [2.24, 2.45) is 5.73 Å². The second-order valence-electron chi connectivity index (χ2n) is 5.02. The molecule has 0 bridgehead atoms. The molecule has 0 aliphatic heterocycles. The molecule has 0 unspecified atom stereocenters. The fourth-order valence-electron chi connectivity index (χ4n) is 2.77. The van der Waals surface area contributed by atoms with Gasteiger partial charge < -0.3 is 10.5 Å². The zero-order valence-electron chi connectivity index (χ0n) is 11.3. The number of nitrogens with zero attached hydrogens (tertiary/aromatic N) is 1. The first-order chi connectivity index (χ1) is 8.80. The highest BCUT2D eigenvalue weighted by Gasteiger charge is 2.36. The van der Waals surface area contributed by atoms with E-state index in [-0.39, 0.29) is 5.60 Å². The SMILES string of the molecule is CCOC1(c2nc(CCN)cs2)CCCCCC1. The average molecular weight is 268 g/mol. The molecule has 3 nitrogen and oxygen atoms in total. The minimum atomic E-state index is -0.108. The minimum Gasteiger partial charge on any atom is -0.368 e. The van der Waals surface area contributed by atoms with Crippen LogP contribution in [-0.2, 0) is 16.8 Å². The lowest BCUT2D eigenvalue weighted by molar-refractivity contribution is -0.0560. The minimum absolute atomic E-state index is 0.108. The Balaban J connectivity index is 2.20. The summed E-state index contributed by atoms with van der Waals surface area (Å²) in [4.78, 5) is 4.77. The van der Waals surface area contributed by atoms with Gasteiger partial charge in [0.2, 0.25) is 0 Å². The van der Waals surface area contributed by atoms with Gasteiger partial charge in [-0.25, -0.2) is 4.98 Å². The molecular weight excluding hydrogens is 244 g/mol. The van der Waals surface area contributed by atoms with E-state index >= 15 is 0 Å². The largest absolute Gasteiger partial charge is 0.368 e. The molecule has 0 atom stereocenters. The quantitative estimate of drug-likeness (QED) is 0.834. The maximum Gasteiger partial charge on any atom is 0.125 e. The van der Waals surface area contributed by atoms with E-state index in [1.807, 2.05) is 0 Å². The van der Waals surface area contributed by atoms with Crippen LogP contribution in [-0.4, -0.2) is 18.1 Å². The van der Waals surface area contributed by atoms with Crippen LogP contribution in [0.1, 0.15) is 56.2 Å². The monoisotopic (exact) mass is 268 g/mol. The summed E-state index contributed by atoms with van der Waals surface area (Å²) in [6.07, 6.45) is 8.29. The summed E-state index contributed by atoms with van der Waals surface area (Å²) in [5.41, 5.74) is 6.62. The molecule has 4 heteroatoms.